The Morgan fingerprint density at radius 2 is 1.73 bits per heavy atom. The van der Waals surface area contributed by atoms with Gasteiger partial charge >= 0.3 is 0 Å². The minimum absolute atomic E-state index is 0.0453. The zero-order valence-corrected chi connectivity index (χ0v) is 7.39. The van der Waals surface area contributed by atoms with Gasteiger partial charge in [0.05, 0.1) is 6.10 Å². The van der Waals surface area contributed by atoms with Gasteiger partial charge in [0.2, 0.25) is 0 Å². The second kappa shape index (κ2) is 2.96. The van der Waals surface area contributed by atoms with Crippen LogP contribution in [0.15, 0.2) is 0 Å². The Morgan fingerprint density at radius 1 is 1.18 bits per heavy atom. The maximum atomic E-state index is 9.74. The van der Waals surface area contributed by atoms with Gasteiger partial charge in [-0.1, -0.05) is 0 Å². The minimum atomic E-state index is -0.0453. The van der Waals surface area contributed by atoms with Crippen molar-refractivity contribution in [3.63, 3.8) is 0 Å². The number of fused-ring (bicyclic) bond motifs is 2. The molecule has 2 aliphatic rings. The summed E-state index contributed by atoms with van der Waals surface area (Å²) in [4.78, 5) is 0. The van der Waals surface area contributed by atoms with E-state index in [-0.39, 0.29) is 6.10 Å². The van der Waals surface area contributed by atoms with Crippen LogP contribution in [0.5, 0.6) is 0 Å². The number of hydrogen-bond acceptors (Lipinski definition) is 3. The van der Waals surface area contributed by atoms with E-state index in [2.05, 4.69) is 0 Å². The largest absolute Gasteiger partial charge is 0.392 e. The lowest BCUT2D eigenvalue weighted by molar-refractivity contribution is 0.0257. The molecule has 1 aliphatic carbocycles. The average Bonchev–Trinajstić information content (AvgIpc) is 1.92. The summed E-state index contributed by atoms with van der Waals surface area (Å²) >= 11 is 1.98. The van der Waals surface area contributed by atoms with Crippen molar-refractivity contribution in [2.45, 2.75) is 25.0 Å². The van der Waals surface area contributed by atoms with Gasteiger partial charge in [0.25, 0.3) is 0 Å². The lowest BCUT2D eigenvalue weighted by Crippen LogP contribution is -2.47. The minimum Gasteiger partial charge on any atom is -0.392 e. The molecule has 2 bridgehead atoms. The molecule has 3 N–H and O–H groups in total. The first-order valence-electron chi connectivity index (χ1n) is 4.29. The van der Waals surface area contributed by atoms with Crippen molar-refractivity contribution in [2.75, 3.05) is 11.5 Å². The van der Waals surface area contributed by atoms with E-state index in [1.165, 1.54) is 0 Å². The van der Waals surface area contributed by atoms with Crippen molar-refractivity contribution in [1.82, 2.24) is 0 Å². The first kappa shape index (κ1) is 7.90. The number of thioether (sulfide) groups is 1. The van der Waals surface area contributed by atoms with Crippen LogP contribution >= 0.6 is 11.8 Å². The van der Waals surface area contributed by atoms with Gasteiger partial charge in [-0.3, -0.25) is 0 Å². The predicted molar refractivity (Wildman–Crippen MR) is 47.5 cm³/mol. The molecular weight excluding hydrogens is 158 g/mol. The smallest absolute Gasteiger partial charge is 0.0613 e. The van der Waals surface area contributed by atoms with Crippen molar-refractivity contribution in [3.05, 3.63) is 0 Å². The fourth-order valence-electron chi connectivity index (χ4n) is 2.24. The Labute approximate surface area is 71.5 Å². The van der Waals surface area contributed by atoms with Crippen LogP contribution in [-0.2, 0) is 0 Å². The molecule has 1 saturated carbocycles. The maximum Gasteiger partial charge on any atom is 0.0613 e. The molecule has 1 saturated heterocycles. The molecule has 0 aromatic carbocycles. The van der Waals surface area contributed by atoms with Crippen molar-refractivity contribution in [2.24, 2.45) is 17.6 Å². The molecule has 0 aromatic heterocycles. The third-order valence-corrected chi connectivity index (χ3v) is 4.17. The van der Waals surface area contributed by atoms with Gasteiger partial charge in [-0.05, 0) is 36.2 Å². The fourth-order valence-corrected chi connectivity index (χ4v) is 3.65. The number of rotatable bonds is 0. The van der Waals surface area contributed by atoms with E-state index in [0.717, 1.165) is 24.3 Å². The second-order valence-corrected chi connectivity index (χ2v) is 4.85. The molecule has 2 fully saturated rings. The molecule has 0 radical (unpaired) electrons. The summed E-state index contributed by atoms with van der Waals surface area (Å²) in [6.07, 6.45) is 2.02. The first-order valence-corrected chi connectivity index (χ1v) is 5.44. The van der Waals surface area contributed by atoms with Gasteiger partial charge in [0.1, 0.15) is 0 Å². The van der Waals surface area contributed by atoms with Gasteiger partial charge in [0.15, 0.2) is 0 Å². The summed E-state index contributed by atoms with van der Waals surface area (Å²) in [5, 5.41) is 9.74. The van der Waals surface area contributed by atoms with E-state index in [9.17, 15) is 5.11 Å². The van der Waals surface area contributed by atoms with Crippen molar-refractivity contribution < 1.29 is 5.11 Å². The van der Waals surface area contributed by atoms with Crippen LogP contribution in [0.25, 0.3) is 0 Å². The number of aliphatic hydroxyl groups excluding tert-OH is 1. The zero-order chi connectivity index (χ0) is 7.84. The summed E-state index contributed by atoms with van der Waals surface area (Å²) in [6, 6.07) is 0.356. The van der Waals surface area contributed by atoms with Crippen molar-refractivity contribution in [3.8, 4) is 0 Å². The second-order valence-electron chi connectivity index (χ2n) is 3.78. The molecule has 3 heteroatoms. The number of aliphatic hydroxyl groups is 1. The molecular formula is C8H15NOS. The third kappa shape index (κ3) is 1.42. The van der Waals surface area contributed by atoms with Crippen LogP contribution in [0.4, 0.5) is 0 Å². The molecule has 0 amide bonds. The van der Waals surface area contributed by atoms with Gasteiger partial charge < -0.3 is 10.8 Å². The topological polar surface area (TPSA) is 46.2 Å². The van der Waals surface area contributed by atoms with E-state index in [1.807, 2.05) is 11.8 Å². The summed E-state index contributed by atoms with van der Waals surface area (Å²) in [6.45, 7) is 0. The summed E-state index contributed by atoms with van der Waals surface area (Å²) in [5.41, 5.74) is 5.87. The quantitative estimate of drug-likeness (QED) is 0.559. The van der Waals surface area contributed by atoms with Crippen LogP contribution in [-0.4, -0.2) is 28.8 Å². The van der Waals surface area contributed by atoms with E-state index in [4.69, 9.17) is 5.73 Å². The number of hydrogen-bond donors (Lipinski definition) is 2. The zero-order valence-electron chi connectivity index (χ0n) is 6.57. The van der Waals surface area contributed by atoms with Crippen molar-refractivity contribution >= 4 is 11.8 Å². The SMILES string of the molecule is N[C@H]1C[C@H]2CSC[C@@H](C1)C2O. The lowest BCUT2D eigenvalue weighted by atomic mass is 9.78. The van der Waals surface area contributed by atoms with Crippen LogP contribution < -0.4 is 5.73 Å². The lowest BCUT2D eigenvalue weighted by Gasteiger charge is -2.41. The standard InChI is InChI=1S/C8H15NOS/c9-7-1-5-3-11-4-6(2-7)8(5)10/h5-8,10H,1-4,9H2/t5-,6+,7-,8?. The Kier molecular flexibility index (Phi) is 2.12. The fraction of sp³-hybridized carbons (Fsp3) is 1.00. The van der Waals surface area contributed by atoms with Crippen LogP contribution in [0, 0.1) is 11.8 Å². The van der Waals surface area contributed by atoms with Crippen LogP contribution in [0.2, 0.25) is 0 Å². The maximum absolute atomic E-state index is 9.74. The summed E-state index contributed by atoms with van der Waals surface area (Å²) in [5.74, 6) is 3.21. The molecule has 1 unspecified atom stereocenters. The Balaban J connectivity index is 2.07. The normalized spacial score (nSPS) is 50.7. The van der Waals surface area contributed by atoms with E-state index in [0.29, 0.717) is 17.9 Å². The molecule has 1 aliphatic heterocycles. The molecule has 2 nitrogen and oxygen atoms in total. The third-order valence-electron chi connectivity index (χ3n) is 2.84. The molecule has 0 aromatic rings. The van der Waals surface area contributed by atoms with E-state index in [1.54, 1.807) is 0 Å². The molecule has 64 valence electrons. The highest BCUT2D eigenvalue weighted by atomic mass is 32.2. The molecule has 2 rings (SSSR count). The molecule has 11 heavy (non-hydrogen) atoms. The predicted octanol–water partition coefficient (Wildman–Crippen LogP) is 0.448. The summed E-state index contributed by atoms with van der Waals surface area (Å²) in [7, 11) is 0. The van der Waals surface area contributed by atoms with Crippen LogP contribution in [0.3, 0.4) is 0 Å². The van der Waals surface area contributed by atoms with Gasteiger partial charge in [0, 0.05) is 6.04 Å². The van der Waals surface area contributed by atoms with Crippen molar-refractivity contribution in [1.29, 1.82) is 0 Å². The molecule has 0 spiro atoms. The van der Waals surface area contributed by atoms with Gasteiger partial charge in [-0.15, -0.1) is 0 Å². The molecule has 4 atom stereocenters. The van der Waals surface area contributed by atoms with Gasteiger partial charge in [-0.25, -0.2) is 0 Å². The monoisotopic (exact) mass is 173 g/mol. The highest BCUT2D eigenvalue weighted by Gasteiger charge is 2.38. The van der Waals surface area contributed by atoms with Crippen LogP contribution in [0.1, 0.15) is 12.8 Å². The number of nitrogens with two attached hydrogens (primary N) is 1. The van der Waals surface area contributed by atoms with E-state index >= 15 is 0 Å². The van der Waals surface area contributed by atoms with E-state index < -0.39 is 0 Å². The average molecular weight is 173 g/mol. The summed E-state index contributed by atoms with van der Waals surface area (Å²) < 4.78 is 0. The highest BCUT2D eigenvalue weighted by Crippen LogP contribution is 2.37. The molecule has 1 heterocycles. The first-order chi connectivity index (χ1) is 5.27. The van der Waals surface area contributed by atoms with Gasteiger partial charge in [-0.2, -0.15) is 11.8 Å². The Hall–Kier alpha value is 0.270. The Bertz CT molecular complexity index is 139. The Morgan fingerprint density at radius 3 is 2.27 bits per heavy atom. The highest BCUT2D eigenvalue weighted by molar-refractivity contribution is 7.99.